The van der Waals surface area contributed by atoms with Gasteiger partial charge in [0.05, 0.1) is 27.2 Å². The van der Waals surface area contributed by atoms with Crippen LogP contribution in [0.5, 0.6) is 0 Å². The number of nitrogens with one attached hydrogen (secondary N) is 2. The van der Waals surface area contributed by atoms with Crippen LogP contribution in [0.25, 0.3) is 11.0 Å². The van der Waals surface area contributed by atoms with Crippen LogP contribution in [-0.4, -0.2) is 55.6 Å². The number of rotatable bonds is 7. The average molecular weight is 665 g/mol. The summed E-state index contributed by atoms with van der Waals surface area (Å²) in [6, 6.07) is 22.7. The minimum Gasteiger partial charge on any atom is -0.475 e. The van der Waals surface area contributed by atoms with Crippen LogP contribution in [0.15, 0.2) is 83.8 Å². The molecule has 1 saturated heterocycles. The lowest BCUT2D eigenvalue weighted by Gasteiger charge is -2.30. The molecule has 0 saturated carbocycles. The summed E-state index contributed by atoms with van der Waals surface area (Å²) in [6.45, 7) is 5.63. The Hall–Kier alpha value is -4.08. The molecule has 240 valence electrons. The fraction of sp³-hybridized carbons (Fsp3) is 0.300. The molecule has 0 radical (unpaired) electrons. The summed E-state index contributed by atoms with van der Waals surface area (Å²) >= 11 is 0. The van der Waals surface area contributed by atoms with Gasteiger partial charge >= 0.3 is 12.1 Å². The van der Waals surface area contributed by atoms with Crippen molar-refractivity contribution in [2.45, 2.75) is 61.5 Å². The van der Waals surface area contributed by atoms with E-state index in [1.54, 1.807) is 30.3 Å². The number of carboxylic acids is 1. The lowest BCUT2D eigenvalue weighted by atomic mass is 10.0. The summed E-state index contributed by atoms with van der Waals surface area (Å²) in [5, 5.41) is 6.72. The van der Waals surface area contributed by atoms with Gasteiger partial charge < -0.3 is 10.1 Å². The van der Waals surface area contributed by atoms with Gasteiger partial charge in [0.25, 0.3) is 0 Å². The first-order valence-corrected chi connectivity index (χ1v) is 16.3. The van der Waals surface area contributed by atoms with Crippen LogP contribution in [0.3, 0.4) is 0 Å². The van der Waals surface area contributed by atoms with Crippen molar-refractivity contribution in [3.8, 4) is 0 Å². The second kappa shape index (κ2) is 13.1. The second-order valence-electron chi connectivity index (χ2n) is 11.2. The van der Waals surface area contributed by atoms with Crippen LogP contribution >= 0.6 is 0 Å². The number of alkyl halides is 3. The van der Waals surface area contributed by atoms with Crippen LogP contribution in [0, 0.1) is 0 Å². The number of aliphatic carboxylic acids is 1. The molecule has 0 spiro atoms. The minimum absolute atomic E-state index is 0.120. The monoisotopic (exact) mass is 664 g/mol. The number of halogens is 3. The highest BCUT2D eigenvalue weighted by Gasteiger charge is 2.43. The van der Waals surface area contributed by atoms with Gasteiger partial charge in [-0.3, -0.25) is 9.10 Å². The molecule has 3 aromatic carbocycles. The number of para-hydroxylation sites is 2. The van der Waals surface area contributed by atoms with Gasteiger partial charge in [0.2, 0.25) is 15.9 Å². The number of amides is 1. The minimum atomic E-state index is -5.08. The van der Waals surface area contributed by atoms with Gasteiger partial charge in [0.1, 0.15) is 16.8 Å². The average Bonchev–Trinajstić information content (AvgIpc) is 3.53. The summed E-state index contributed by atoms with van der Waals surface area (Å²) in [6.07, 6.45) is -4.55. The highest BCUT2D eigenvalue weighted by atomic mass is 32.2. The topological polar surface area (TPSA) is 150 Å². The number of carbonyl (C=O) groups excluding carboxylic acids is 1. The van der Waals surface area contributed by atoms with E-state index < -0.39 is 50.0 Å². The van der Waals surface area contributed by atoms with E-state index in [9.17, 15) is 30.6 Å². The van der Waals surface area contributed by atoms with E-state index in [-0.39, 0.29) is 17.2 Å². The molecule has 1 amide bonds. The Morgan fingerprint density at radius 3 is 2.16 bits per heavy atom. The van der Waals surface area contributed by atoms with E-state index in [0.29, 0.717) is 12.2 Å². The van der Waals surface area contributed by atoms with Crippen LogP contribution in [-0.2, 0) is 37.0 Å². The molecule has 4 aromatic rings. The van der Waals surface area contributed by atoms with E-state index in [1.165, 1.54) is 4.31 Å². The second-order valence-corrected chi connectivity index (χ2v) is 14.4. The Bertz CT molecular complexity index is 1770. The van der Waals surface area contributed by atoms with Gasteiger partial charge in [-0.2, -0.15) is 13.2 Å². The fourth-order valence-corrected chi connectivity index (χ4v) is 7.68. The molecule has 45 heavy (non-hydrogen) atoms. The number of imidazole rings is 1. The van der Waals surface area contributed by atoms with Crippen molar-refractivity contribution in [1.29, 1.82) is 0 Å². The van der Waals surface area contributed by atoms with Gasteiger partial charge in [0.15, 0.2) is 0 Å². The molecule has 1 aliphatic heterocycles. The van der Waals surface area contributed by atoms with Crippen LogP contribution in [0.1, 0.15) is 55.4 Å². The number of hydrogen-bond donors (Lipinski definition) is 3. The Labute approximate surface area is 260 Å². The molecule has 5 rings (SSSR count). The molecule has 0 bridgehead atoms. The lowest BCUT2D eigenvalue weighted by Crippen LogP contribution is -2.42. The number of carbonyl (C=O) groups is 2. The largest absolute Gasteiger partial charge is 0.490 e. The first-order valence-electron chi connectivity index (χ1n) is 13.6. The summed E-state index contributed by atoms with van der Waals surface area (Å²) in [4.78, 5) is 29.5. The summed E-state index contributed by atoms with van der Waals surface area (Å²) in [7, 11) is -5.28. The number of benzene rings is 3. The smallest absolute Gasteiger partial charge is 0.475 e. The lowest BCUT2D eigenvalue weighted by molar-refractivity contribution is -0.192. The fourth-order valence-electron chi connectivity index (χ4n) is 4.71. The summed E-state index contributed by atoms with van der Waals surface area (Å²) in [5.74, 6) is -2.37. The SMILES string of the molecule is CC(C)(C)N1C(=O)CC(c2ccc(C[C@H](NS(=O)(=O)c3ccccc3)c3nc4ccccc4[nH]3)cc2)S1=O.O=C(O)C(F)(F)F. The maximum Gasteiger partial charge on any atom is 0.490 e. The molecule has 10 nitrogen and oxygen atoms in total. The maximum atomic E-state index is 13.2. The summed E-state index contributed by atoms with van der Waals surface area (Å²) < 4.78 is 75.5. The Morgan fingerprint density at radius 1 is 1.04 bits per heavy atom. The van der Waals surface area contributed by atoms with Gasteiger partial charge in [-0.1, -0.05) is 54.6 Å². The number of carboxylic acid groups (broad SMARTS) is 1. The third kappa shape index (κ3) is 8.15. The maximum absolute atomic E-state index is 13.2. The third-order valence-corrected chi connectivity index (χ3v) is 10.3. The first-order chi connectivity index (χ1) is 21.0. The van der Waals surface area contributed by atoms with Crippen LogP contribution in [0.4, 0.5) is 13.2 Å². The Balaban J connectivity index is 0.000000591. The van der Waals surface area contributed by atoms with Crippen molar-refractivity contribution in [3.05, 3.63) is 95.8 Å². The molecule has 0 aliphatic carbocycles. The highest BCUT2D eigenvalue weighted by Crippen LogP contribution is 2.37. The standard InChI is InChI=1S/C28H30N4O4S2.C2HF3O2/c1-28(2,3)32-26(33)18-25(37(32)34)20-15-13-19(14-16-20)17-24(27-29-22-11-7-8-12-23(22)30-27)31-38(35,36)21-9-5-4-6-10-21;3-2(4,5)1(6)7/h4-16,24-25,31H,17-18H2,1-3H3,(H,29,30);(H,6,7)/t24-,25?,37?;/m0./s1. The summed E-state index contributed by atoms with van der Waals surface area (Å²) in [5.41, 5.74) is 2.74. The van der Waals surface area contributed by atoms with Crippen molar-refractivity contribution in [2.75, 3.05) is 0 Å². The molecule has 3 N–H and O–H groups in total. The zero-order chi connectivity index (χ0) is 33.2. The molecule has 2 heterocycles. The quantitative estimate of drug-likeness (QED) is 0.246. The number of hydrogen-bond acceptors (Lipinski definition) is 6. The van der Waals surface area contributed by atoms with Crippen molar-refractivity contribution in [3.63, 3.8) is 0 Å². The van der Waals surface area contributed by atoms with E-state index in [4.69, 9.17) is 9.90 Å². The number of aromatic amines is 1. The van der Waals surface area contributed by atoms with Crippen molar-refractivity contribution in [1.82, 2.24) is 19.0 Å². The van der Waals surface area contributed by atoms with E-state index in [0.717, 1.165) is 22.2 Å². The van der Waals surface area contributed by atoms with E-state index >= 15 is 0 Å². The molecular formula is C30H31F3N4O6S2. The van der Waals surface area contributed by atoms with Crippen molar-refractivity contribution < 1.29 is 40.5 Å². The molecule has 15 heteroatoms. The van der Waals surface area contributed by atoms with E-state index in [1.807, 2.05) is 69.3 Å². The molecule has 1 aromatic heterocycles. The predicted molar refractivity (Wildman–Crippen MR) is 162 cm³/mol. The molecule has 2 unspecified atom stereocenters. The highest BCUT2D eigenvalue weighted by molar-refractivity contribution is 7.89. The molecular weight excluding hydrogens is 633 g/mol. The molecule has 3 atom stereocenters. The van der Waals surface area contributed by atoms with Gasteiger partial charge in [0, 0.05) is 12.0 Å². The van der Waals surface area contributed by atoms with Crippen LogP contribution in [0.2, 0.25) is 0 Å². The first kappa shape index (κ1) is 33.8. The number of H-pyrrole nitrogens is 1. The predicted octanol–water partition coefficient (Wildman–Crippen LogP) is 5.19. The number of sulfonamides is 1. The van der Waals surface area contributed by atoms with E-state index in [2.05, 4.69) is 14.7 Å². The third-order valence-electron chi connectivity index (χ3n) is 6.74. The Kier molecular flexibility index (Phi) is 9.85. The zero-order valence-electron chi connectivity index (χ0n) is 24.4. The number of fused-ring (bicyclic) bond motifs is 1. The number of nitrogens with zero attached hydrogens (tertiary/aromatic N) is 2. The van der Waals surface area contributed by atoms with Crippen LogP contribution < -0.4 is 4.72 Å². The zero-order valence-corrected chi connectivity index (χ0v) is 26.0. The molecule has 1 fully saturated rings. The number of aromatic nitrogens is 2. The normalized spacial score (nSPS) is 18.0. The van der Waals surface area contributed by atoms with Crippen molar-refractivity contribution >= 4 is 43.9 Å². The molecule has 1 aliphatic rings. The Morgan fingerprint density at radius 2 is 1.62 bits per heavy atom. The van der Waals surface area contributed by atoms with Gasteiger partial charge in [-0.25, -0.2) is 27.1 Å². The van der Waals surface area contributed by atoms with Gasteiger partial charge in [-0.05, 0) is 62.6 Å². The van der Waals surface area contributed by atoms with Gasteiger partial charge in [-0.15, -0.1) is 0 Å². The van der Waals surface area contributed by atoms with Crippen molar-refractivity contribution in [2.24, 2.45) is 0 Å².